The standard InChI is InChI=1S/C36H56O9/c1-18(2)13-19-14-35(7,42)30-22(43-19)15-33(5)24-11-9-20-21(36(24,8)25(38)16-34(30,33)6)10-12-26(32(20,3)4)45-31-29(41)28(40)27(39)23(17-37)44-31/h9,13,19,21-24,26-31,37,39-42H,10-12,14-17H2,1-8H3/t19?,21-,22?,23-,24+,26?,27-,28+,29-,30+,31+,33+,34-,35+,36+/m1/s1. The van der Waals surface area contributed by atoms with Crippen molar-refractivity contribution >= 4 is 5.78 Å². The molecule has 2 aliphatic heterocycles. The summed E-state index contributed by atoms with van der Waals surface area (Å²) in [5, 5.41) is 52.9. The Morgan fingerprint density at radius 2 is 1.67 bits per heavy atom. The van der Waals surface area contributed by atoms with Gasteiger partial charge in [-0.3, -0.25) is 4.79 Å². The van der Waals surface area contributed by atoms with Gasteiger partial charge in [0.15, 0.2) is 6.29 Å². The Labute approximate surface area is 268 Å². The molecule has 0 bridgehead atoms. The molecule has 0 aromatic carbocycles. The molecule has 0 aromatic rings. The van der Waals surface area contributed by atoms with Crippen molar-refractivity contribution in [3.05, 3.63) is 23.3 Å². The quantitative estimate of drug-likeness (QED) is 0.294. The van der Waals surface area contributed by atoms with Gasteiger partial charge in [0.05, 0.1) is 30.5 Å². The lowest BCUT2D eigenvalue weighted by atomic mass is 9.38. The lowest BCUT2D eigenvalue weighted by Crippen LogP contribution is -2.65. The number of fused-ring (bicyclic) bond motifs is 7. The second kappa shape index (κ2) is 10.9. The first-order chi connectivity index (χ1) is 20.8. The number of hydrogen-bond donors (Lipinski definition) is 5. The molecule has 15 atom stereocenters. The number of aliphatic hydroxyl groups excluding tert-OH is 4. The highest BCUT2D eigenvalue weighted by Gasteiger charge is 2.75. The van der Waals surface area contributed by atoms with Crippen LogP contribution in [0.25, 0.3) is 0 Å². The van der Waals surface area contributed by atoms with Crippen LogP contribution in [0.15, 0.2) is 23.3 Å². The Balaban J connectivity index is 1.30. The Morgan fingerprint density at radius 1 is 0.978 bits per heavy atom. The molecule has 4 aliphatic carbocycles. The van der Waals surface area contributed by atoms with Crippen LogP contribution in [0.5, 0.6) is 0 Å². The smallest absolute Gasteiger partial charge is 0.187 e. The third-order valence-electron chi connectivity index (χ3n) is 13.8. The van der Waals surface area contributed by atoms with E-state index >= 15 is 0 Å². The van der Waals surface area contributed by atoms with E-state index in [1.165, 1.54) is 11.1 Å². The molecule has 2 heterocycles. The maximum atomic E-state index is 14.7. The van der Waals surface area contributed by atoms with Crippen molar-refractivity contribution in [1.82, 2.24) is 0 Å². The Morgan fingerprint density at radius 3 is 2.31 bits per heavy atom. The van der Waals surface area contributed by atoms with Gasteiger partial charge in [-0.2, -0.15) is 0 Å². The number of hydrogen-bond acceptors (Lipinski definition) is 9. The number of carbonyl (C=O) groups is 1. The topological polar surface area (TPSA) is 146 Å². The number of ether oxygens (including phenoxy) is 3. The molecule has 0 aromatic heterocycles. The predicted molar refractivity (Wildman–Crippen MR) is 167 cm³/mol. The molecule has 5 N–H and O–H groups in total. The first-order valence-corrected chi connectivity index (χ1v) is 17.1. The van der Waals surface area contributed by atoms with Crippen molar-refractivity contribution < 1.29 is 44.5 Å². The van der Waals surface area contributed by atoms with E-state index in [-0.39, 0.29) is 47.3 Å². The van der Waals surface area contributed by atoms with E-state index in [9.17, 15) is 30.3 Å². The molecule has 2 saturated heterocycles. The summed E-state index contributed by atoms with van der Waals surface area (Å²) in [6.45, 7) is 16.6. The van der Waals surface area contributed by atoms with E-state index in [1.54, 1.807) is 0 Å². The van der Waals surface area contributed by atoms with Gasteiger partial charge in [0.25, 0.3) is 0 Å². The van der Waals surface area contributed by atoms with Crippen LogP contribution in [0.4, 0.5) is 0 Å². The van der Waals surface area contributed by atoms with E-state index in [4.69, 9.17) is 14.2 Å². The minimum absolute atomic E-state index is 0.0252. The second-order valence-corrected chi connectivity index (χ2v) is 17.0. The molecule has 0 spiro atoms. The molecular weight excluding hydrogens is 576 g/mol. The van der Waals surface area contributed by atoms with Gasteiger partial charge in [0.1, 0.15) is 30.2 Å². The molecule has 0 radical (unpaired) electrons. The van der Waals surface area contributed by atoms with Gasteiger partial charge in [-0.05, 0) is 69.1 Å². The van der Waals surface area contributed by atoms with Gasteiger partial charge in [0.2, 0.25) is 0 Å². The first kappa shape index (κ1) is 33.7. The van der Waals surface area contributed by atoms with Gasteiger partial charge in [-0.1, -0.05) is 57.9 Å². The fourth-order valence-corrected chi connectivity index (χ4v) is 11.5. The number of aliphatic hydroxyl groups is 5. The summed E-state index contributed by atoms with van der Waals surface area (Å²) in [6.07, 6.45) is 1.04. The normalized spacial score (nSPS) is 53.8. The summed E-state index contributed by atoms with van der Waals surface area (Å²) >= 11 is 0. The molecule has 6 aliphatic rings. The largest absolute Gasteiger partial charge is 0.394 e. The van der Waals surface area contributed by atoms with Gasteiger partial charge in [0, 0.05) is 29.6 Å². The molecule has 9 nitrogen and oxygen atoms in total. The molecule has 5 fully saturated rings. The minimum Gasteiger partial charge on any atom is -0.394 e. The zero-order valence-electron chi connectivity index (χ0n) is 28.3. The summed E-state index contributed by atoms with van der Waals surface area (Å²) in [4.78, 5) is 14.7. The Bertz CT molecular complexity index is 1250. The highest BCUT2D eigenvalue weighted by Crippen LogP contribution is 2.75. The molecule has 9 heteroatoms. The highest BCUT2D eigenvalue weighted by atomic mass is 16.7. The van der Waals surface area contributed by atoms with Crippen molar-refractivity contribution in [2.24, 2.45) is 39.4 Å². The van der Waals surface area contributed by atoms with E-state index in [0.29, 0.717) is 19.3 Å². The molecular formula is C36H56O9. The van der Waals surface area contributed by atoms with E-state index < -0.39 is 59.2 Å². The summed E-state index contributed by atoms with van der Waals surface area (Å²) in [5.74, 6) is 0.262. The van der Waals surface area contributed by atoms with Crippen molar-refractivity contribution in [2.45, 2.75) is 149 Å². The van der Waals surface area contributed by atoms with Crippen molar-refractivity contribution in [3.63, 3.8) is 0 Å². The number of Topliss-reactive ketones (excluding diaryl/α,β-unsaturated/α-hetero) is 1. The average molecular weight is 633 g/mol. The maximum Gasteiger partial charge on any atom is 0.187 e. The van der Waals surface area contributed by atoms with Crippen LogP contribution in [-0.4, -0.2) is 92.5 Å². The van der Waals surface area contributed by atoms with E-state index in [1.807, 2.05) is 6.92 Å². The highest BCUT2D eigenvalue weighted by molar-refractivity contribution is 5.88. The fraction of sp³-hybridized carbons (Fsp3) is 0.861. The van der Waals surface area contributed by atoms with Crippen molar-refractivity contribution in [1.29, 1.82) is 0 Å². The number of rotatable bonds is 4. The van der Waals surface area contributed by atoms with Crippen molar-refractivity contribution in [3.8, 4) is 0 Å². The van der Waals surface area contributed by atoms with Crippen LogP contribution in [0.1, 0.15) is 93.9 Å². The third-order valence-corrected chi connectivity index (χ3v) is 13.8. The van der Waals surface area contributed by atoms with Gasteiger partial charge >= 0.3 is 0 Å². The third kappa shape index (κ3) is 4.73. The molecule has 0 amide bonds. The molecule has 254 valence electrons. The molecule has 3 saturated carbocycles. The zero-order chi connectivity index (χ0) is 33.1. The Hall–Kier alpha value is -1.17. The van der Waals surface area contributed by atoms with Crippen LogP contribution in [0, 0.1) is 39.4 Å². The number of ketones is 1. The van der Waals surface area contributed by atoms with E-state index in [0.717, 1.165) is 19.3 Å². The van der Waals surface area contributed by atoms with Crippen LogP contribution in [-0.2, 0) is 19.0 Å². The molecule has 45 heavy (non-hydrogen) atoms. The lowest BCUT2D eigenvalue weighted by molar-refractivity contribution is -0.319. The number of carbonyl (C=O) groups excluding carboxylic acids is 1. The van der Waals surface area contributed by atoms with Gasteiger partial charge < -0.3 is 39.7 Å². The van der Waals surface area contributed by atoms with Gasteiger partial charge in [-0.25, -0.2) is 0 Å². The summed E-state index contributed by atoms with van der Waals surface area (Å²) in [6, 6.07) is 0. The summed E-state index contributed by atoms with van der Waals surface area (Å²) < 4.78 is 18.8. The fourth-order valence-electron chi connectivity index (χ4n) is 11.5. The molecule has 6 rings (SSSR count). The minimum atomic E-state index is -1.50. The Kier molecular flexibility index (Phi) is 8.19. The summed E-state index contributed by atoms with van der Waals surface area (Å²) in [7, 11) is 0. The first-order valence-electron chi connectivity index (χ1n) is 17.1. The maximum absolute atomic E-state index is 14.7. The SMILES string of the molecule is CC(C)=CC1C[C@](C)(O)[C@H]2C(C[C@@]3(C)[C@@H]4CC=C5[C@@H](CCC(O[C@@H]6O[C@H](CO)[C@@H](O)[C@H](O)[C@H]6O)C5(C)C)[C@]4(C)C(=O)C[C@]23C)O1. The predicted octanol–water partition coefficient (Wildman–Crippen LogP) is 3.44. The lowest BCUT2D eigenvalue weighted by Gasteiger charge is -2.65. The van der Waals surface area contributed by atoms with Crippen LogP contribution in [0.2, 0.25) is 0 Å². The monoisotopic (exact) mass is 632 g/mol. The van der Waals surface area contributed by atoms with E-state index in [2.05, 4.69) is 60.6 Å². The van der Waals surface area contributed by atoms with Crippen molar-refractivity contribution in [2.75, 3.05) is 6.61 Å². The van der Waals surface area contributed by atoms with Gasteiger partial charge in [-0.15, -0.1) is 0 Å². The second-order valence-electron chi connectivity index (χ2n) is 17.0. The van der Waals surface area contributed by atoms with Crippen LogP contribution in [0.3, 0.4) is 0 Å². The average Bonchev–Trinajstić information content (AvgIpc) is 3.16. The van der Waals surface area contributed by atoms with Crippen LogP contribution < -0.4 is 0 Å². The zero-order valence-corrected chi connectivity index (χ0v) is 28.3. The molecule has 3 unspecified atom stereocenters. The van der Waals surface area contributed by atoms with Crippen LogP contribution >= 0.6 is 0 Å². The summed E-state index contributed by atoms with van der Waals surface area (Å²) in [5.41, 5.74) is -0.285. The number of allylic oxidation sites excluding steroid dienone is 2.